The van der Waals surface area contributed by atoms with Crippen LogP contribution in [0.4, 0.5) is 14.7 Å². The van der Waals surface area contributed by atoms with E-state index in [1.807, 2.05) is 9.80 Å². The summed E-state index contributed by atoms with van der Waals surface area (Å²) in [5.74, 6) is -0.754. The first-order valence-corrected chi connectivity index (χ1v) is 7.51. The zero-order chi connectivity index (χ0) is 16.2. The van der Waals surface area contributed by atoms with Crippen LogP contribution in [0.15, 0.2) is 36.7 Å². The second kappa shape index (κ2) is 6.97. The summed E-state index contributed by atoms with van der Waals surface area (Å²) >= 11 is 0. The Morgan fingerprint density at radius 3 is 2.22 bits per heavy atom. The number of hydrogen-bond donors (Lipinski definition) is 1. The van der Waals surface area contributed by atoms with Crippen molar-refractivity contribution in [3.8, 4) is 0 Å². The molecule has 1 aliphatic rings. The van der Waals surface area contributed by atoms with Crippen LogP contribution in [0.2, 0.25) is 0 Å². The van der Waals surface area contributed by atoms with Crippen LogP contribution in [0.5, 0.6) is 0 Å². The number of anilines is 1. The number of nitrogens with zero attached hydrogens (tertiary/aromatic N) is 4. The maximum atomic E-state index is 13.7. The van der Waals surface area contributed by atoms with Gasteiger partial charge in [-0.1, -0.05) is 6.07 Å². The van der Waals surface area contributed by atoms with Crippen LogP contribution in [-0.2, 0) is 0 Å². The molecule has 23 heavy (non-hydrogen) atoms. The summed E-state index contributed by atoms with van der Waals surface area (Å²) < 4.78 is 27.4. The Hall–Kier alpha value is -2.12. The van der Waals surface area contributed by atoms with Crippen molar-refractivity contribution >= 4 is 5.95 Å². The van der Waals surface area contributed by atoms with Crippen LogP contribution < -0.4 is 4.90 Å². The Labute approximate surface area is 133 Å². The summed E-state index contributed by atoms with van der Waals surface area (Å²) in [4.78, 5) is 12.4. The molecule has 3 rings (SSSR count). The second-order valence-corrected chi connectivity index (χ2v) is 5.49. The fourth-order valence-corrected chi connectivity index (χ4v) is 2.75. The largest absolute Gasteiger partial charge is 0.387 e. The van der Waals surface area contributed by atoms with Gasteiger partial charge < -0.3 is 10.0 Å². The molecule has 2 aromatic rings. The standard InChI is InChI=1S/C16H18F2N4O/c17-12-3-1-4-13(18)15(12)14(23)11-21-7-9-22(10-8-21)16-19-5-2-6-20-16/h1-6,14,23H,7-11H2. The normalized spacial score (nSPS) is 17.3. The Morgan fingerprint density at radius 1 is 1.00 bits per heavy atom. The average molecular weight is 320 g/mol. The fraction of sp³-hybridized carbons (Fsp3) is 0.375. The molecule has 1 aliphatic heterocycles. The van der Waals surface area contributed by atoms with Crippen molar-refractivity contribution in [3.05, 3.63) is 53.9 Å². The molecule has 1 aromatic heterocycles. The molecule has 7 heteroatoms. The molecule has 0 aliphatic carbocycles. The smallest absolute Gasteiger partial charge is 0.225 e. The van der Waals surface area contributed by atoms with Gasteiger partial charge in [0.15, 0.2) is 0 Å². The summed E-state index contributed by atoms with van der Waals surface area (Å²) in [6, 6.07) is 5.37. The molecular weight excluding hydrogens is 302 g/mol. The van der Waals surface area contributed by atoms with E-state index in [9.17, 15) is 13.9 Å². The summed E-state index contributed by atoms with van der Waals surface area (Å²) in [5.41, 5.74) is -0.263. The van der Waals surface area contributed by atoms with Crippen LogP contribution in [0.25, 0.3) is 0 Å². The van der Waals surface area contributed by atoms with Crippen LogP contribution in [0.1, 0.15) is 11.7 Å². The molecule has 1 atom stereocenters. The molecule has 2 heterocycles. The molecule has 1 fully saturated rings. The molecule has 122 valence electrons. The maximum Gasteiger partial charge on any atom is 0.225 e. The molecule has 5 nitrogen and oxygen atoms in total. The number of piperazine rings is 1. The van der Waals surface area contributed by atoms with Crippen LogP contribution in [0, 0.1) is 11.6 Å². The van der Waals surface area contributed by atoms with Gasteiger partial charge in [-0.05, 0) is 18.2 Å². The number of β-amino-alcohol motifs (C(OH)–C–C–N with tert-alkyl or cyclic N) is 1. The highest BCUT2D eigenvalue weighted by atomic mass is 19.1. The minimum absolute atomic E-state index is 0.196. The average Bonchev–Trinajstić information content (AvgIpc) is 2.56. The summed E-state index contributed by atoms with van der Waals surface area (Å²) in [6.45, 7) is 2.95. The number of aromatic nitrogens is 2. The molecule has 0 spiro atoms. The van der Waals surface area contributed by atoms with Crippen molar-refractivity contribution in [2.75, 3.05) is 37.6 Å². The van der Waals surface area contributed by atoms with Gasteiger partial charge in [0.25, 0.3) is 0 Å². The van der Waals surface area contributed by atoms with Crippen molar-refractivity contribution < 1.29 is 13.9 Å². The highest BCUT2D eigenvalue weighted by Gasteiger charge is 2.24. The van der Waals surface area contributed by atoms with E-state index in [1.54, 1.807) is 18.5 Å². The molecule has 0 bridgehead atoms. The van der Waals surface area contributed by atoms with E-state index in [0.717, 1.165) is 12.1 Å². The molecule has 1 N–H and O–H groups in total. The van der Waals surface area contributed by atoms with E-state index in [4.69, 9.17) is 0 Å². The van der Waals surface area contributed by atoms with Crippen LogP contribution >= 0.6 is 0 Å². The van der Waals surface area contributed by atoms with Crippen molar-refractivity contribution in [2.24, 2.45) is 0 Å². The predicted octanol–water partition coefficient (Wildman–Crippen LogP) is 1.61. The van der Waals surface area contributed by atoms with Gasteiger partial charge in [-0.25, -0.2) is 18.7 Å². The van der Waals surface area contributed by atoms with Crippen molar-refractivity contribution in [1.82, 2.24) is 14.9 Å². The lowest BCUT2D eigenvalue weighted by atomic mass is 10.1. The minimum Gasteiger partial charge on any atom is -0.387 e. The van der Waals surface area contributed by atoms with Gasteiger partial charge in [-0.15, -0.1) is 0 Å². The highest BCUT2D eigenvalue weighted by molar-refractivity contribution is 5.29. The number of aliphatic hydroxyl groups is 1. The van der Waals surface area contributed by atoms with Gasteiger partial charge in [0.1, 0.15) is 11.6 Å². The van der Waals surface area contributed by atoms with E-state index >= 15 is 0 Å². The van der Waals surface area contributed by atoms with Crippen molar-refractivity contribution in [2.45, 2.75) is 6.10 Å². The van der Waals surface area contributed by atoms with E-state index < -0.39 is 17.7 Å². The third-order valence-electron chi connectivity index (χ3n) is 3.97. The lowest BCUT2D eigenvalue weighted by Gasteiger charge is -2.35. The monoisotopic (exact) mass is 320 g/mol. The Balaban J connectivity index is 1.58. The first-order valence-electron chi connectivity index (χ1n) is 7.51. The number of halogens is 2. The van der Waals surface area contributed by atoms with Crippen LogP contribution in [-0.4, -0.2) is 52.7 Å². The molecular formula is C16H18F2N4O. The van der Waals surface area contributed by atoms with E-state index in [0.29, 0.717) is 32.1 Å². The van der Waals surface area contributed by atoms with Gasteiger partial charge in [-0.3, -0.25) is 4.90 Å². The predicted molar refractivity (Wildman–Crippen MR) is 82.0 cm³/mol. The fourth-order valence-electron chi connectivity index (χ4n) is 2.75. The molecule has 1 aromatic carbocycles. The summed E-state index contributed by atoms with van der Waals surface area (Å²) in [5, 5.41) is 10.2. The third kappa shape index (κ3) is 3.62. The SMILES string of the molecule is OC(CN1CCN(c2ncccn2)CC1)c1c(F)cccc1F. The van der Waals surface area contributed by atoms with E-state index in [2.05, 4.69) is 9.97 Å². The topological polar surface area (TPSA) is 52.5 Å². The van der Waals surface area contributed by atoms with E-state index in [1.165, 1.54) is 6.07 Å². The lowest BCUT2D eigenvalue weighted by molar-refractivity contribution is 0.103. The Kier molecular flexibility index (Phi) is 4.78. The molecule has 1 saturated heterocycles. The van der Waals surface area contributed by atoms with Gasteiger partial charge in [-0.2, -0.15) is 0 Å². The van der Waals surface area contributed by atoms with Gasteiger partial charge >= 0.3 is 0 Å². The number of rotatable bonds is 4. The molecule has 0 radical (unpaired) electrons. The van der Waals surface area contributed by atoms with Crippen molar-refractivity contribution in [1.29, 1.82) is 0 Å². The quantitative estimate of drug-likeness (QED) is 0.927. The summed E-state index contributed by atoms with van der Waals surface area (Å²) in [6.07, 6.45) is 2.20. The first-order chi connectivity index (χ1) is 11.1. The highest BCUT2D eigenvalue weighted by Crippen LogP contribution is 2.22. The maximum absolute atomic E-state index is 13.7. The molecule has 1 unspecified atom stereocenters. The zero-order valence-corrected chi connectivity index (χ0v) is 12.6. The minimum atomic E-state index is -1.18. The third-order valence-corrected chi connectivity index (χ3v) is 3.97. The number of benzene rings is 1. The van der Waals surface area contributed by atoms with Crippen LogP contribution in [0.3, 0.4) is 0 Å². The second-order valence-electron chi connectivity index (χ2n) is 5.49. The van der Waals surface area contributed by atoms with Crippen molar-refractivity contribution in [3.63, 3.8) is 0 Å². The zero-order valence-electron chi connectivity index (χ0n) is 12.6. The lowest BCUT2D eigenvalue weighted by Crippen LogP contribution is -2.48. The first kappa shape index (κ1) is 15.8. The number of aliphatic hydroxyl groups excluding tert-OH is 1. The van der Waals surface area contributed by atoms with Gasteiger partial charge in [0.2, 0.25) is 5.95 Å². The summed E-state index contributed by atoms with van der Waals surface area (Å²) in [7, 11) is 0. The Bertz CT molecular complexity index is 628. The van der Waals surface area contributed by atoms with E-state index in [-0.39, 0.29) is 12.1 Å². The van der Waals surface area contributed by atoms with Gasteiger partial charge in [0, 0.05) is 45.1 Å². The molecule has 0 saturated carbocycles. The van der Waals surface area contributed by atoms with Gasteiger partial charge in [0.05, 0.1) is 11.7 Å². The molecule has 0 amide bonds. The Morgan fingerprint density at radius 2 is 1.61 bits per heavy atom. The number of hydrogen-bond acceptors (Lipinski definition) is 5.